The number of hydrogen-bond donors (Lipinski definition) is 1. The molecular weight excluding hydrogens is 495 g/mol. The predicted molar refractivity (Wildman–Crippen MR) is 145 cm³/mol. The molecule has 0 radical (unpaired) electrons. The van der Waals surface area contributed by atoms with Crippen LogP contribution in [0, 0.1) is 11.7 Å². The van der Waals surface area contributed by atoms with Crippen LogP contribution in [0.25, 0.3) is 16.9 Å². The van der Waals surface area contributed by atoms with Gasteiger partial charge in [0.15, 0.2) is 0 Å². The van der Waals surface area contributed by atoms with Gasteiger partial charge in [-0.15, -0.1) is 0 Å². The topological polar surface area (TPSA) is 78.2 Å². The van der Waals surface area contributed by atoms with Crippen molar-refractivity contribution in [2.45, 2.75) is 38.1 Å². The number of aromatic nitrogens is 2. The third-order valence-corrected chi connectivity index (χ3v) is 8.52. The first-order valence-electron chi connectivity index (χ1n) is 13.6. The minimum absolute atomic E-state index is 0.000740. The molecule has 1 atom stereocenters. The lowest BCUT2D eigenvalue weighted by atomic mass is 9.93. The molecule has 1 saturated heterocycles. The van der Waals surface area contributed by atoms with E-state index in [0.717, 1.165) is 30.5 Å². The Morgan fingerprint density at radius 3 is 2.56 bits per heavy atom. The van der Waals surface area contributed by atoms with Crippen molar-refractivity contribution in [3.63, 3.8) is 0 Å². The highest BCUT2D eigenvalue weighted by atomic mass is 19.1. The monoisotopic (exact) mass is 524 g/mol. The summed E-state index contributed by atoms with van der Waals surface area (Å²) in [6.45, 7) is 3.52. The van der Waals surface area contributed by atoms with Crippen LogP contribution in [0.15, 0.2) is 60.9 Å². The average molecular weight is 525 g/mol. The SMILES string of the molecule is CC1c2ccccc2CCN1C(=O)c1cc(C2CC2)c2nc(-c3ccc(N4CC(C(=O)O)C4)cc3F)cn2c1. The molecule has 4 heterocycles. The Bertz CT molecular complexity index is 1640. The number of hydrogen-bond acceptors (Lipinski definition) is 4. The summed E-state index contributed by atoms with van der Waals surface area (Å²) in [6.07, 6.45) is 6.57. The molecule has 1 aliphatic carbocycles. The fourth-order valence-corrected chi connectivity index (χ4v) is 6.04. The smallest absolute Gasteiger partial charge is 0.310 e. The number of imidazole rings is 1. The molecule has 0 bridgehead atoms. The van der Waals surface area contributed by atoms with E-state index in [9.17, 15) is 9.59 Å². The lowest BCUT2D eigenvalue weighted by molar-refractivity contribution is -0.142. The third-order valence-electron chi connectivity index (χ3n) is 8.52. The largest absolute Gasteiger partial charge is 0.481 e. The lowest BCUT2D eigenvalue weighted by Crippen LogP contribution is -2.50. The Morgan fingerprint density at radius 2 is 1.82 bits per heavy atom. The Labute approximate surface area is 225 Å². The number of halogens is 1. The number of rotatable bonds is 5. The lowest BCUT2D eigenvalue weighted by Gasteiger charge is -2.38. The van der Waals surface area contributed by atoms with Gasteiger partial charge in [0.05, 0.1) is 23.2 Å². The zero-order valence-corrected chi connectivity index (χ0v) is 21.7. The Morgan fingerprint density at radius 1 is 1.03 bits per heavy atom. The fourth-order valence-electron chi connectivity index (χ4n) is 6.04. The van der Waals surface area contributed by atoms with Crippen LogP contribution < -0.4 is 4.90 Å². The molecular formula is C31H29FN4O3. The molecule has 0 spiro atoms. The van der Waals surface area contributed by atoms with Crippen LogP contribution in [0.4, 0.5) is 10.1 Å². The molecule has 4 aromatic rings. The number of aliphatic carboxylic acids is 1. The van der Waals surface area contributed by atoms with Gasteiger partial charge in [0.1, 0.15) is 11.5 Å². The molecule has 8 heteroatoms. The number of carbonyl (C=O) groups excluding carboxylic acids is 1. The van der Waals surface area contributed by atoms with Crippen LogP contribution in [-0.2, 0) is 11.2 Å². The van der Waals surface area contributed by atoms with Crippen molar-refractivity contribution in [2.24, 2.45) is 5.92 Å². The second-order valence-electron chi connectivity index (χ2n) is 11.0. The van der Waals surface area contributed by atoms with Gasteiger partial charge in [-0.05, 0) is 73.1 Å². The fraction of sp³-hybridized carbons (Fsp3) is 0.323. The number of fused-ring (bicyclic) bond motifs is 2. The minimum atomic E-state index is -0.822. The van der Waals surface area contributed by atoms with Crippen molar-refractivity contribution < 1.29 is 19.1 Å². The summed E-state index contributed by atoms with van der Waals surface area (Å²) in [6, 6.07) is 15.3. The Balaban J connectivity index is 1.21. The highest BCUT2D eigenvalue weighted by molar-refractivity contribution is 5.95. The van der Waals surface area contributed by atoms with Gasteiger partial charge in [0.2, 0.25) is 0 Å². The summed E-state index contributed by atoms with van der Waals surface area (Å²) in [5.74, 6) is -1.28. The van der Waals surface area contributed by atoms with Crippen LogP contribution in [0.2, 0.25) is 0 Å². The van der Waals surface area contributed by atoms with Gasteiger partial charge in [-0.25, -0.2) is 9.37 Å². The Hall–Kier alpha value is -4.20. The van der Waals surface area contributed by atoms with Gasteiger partial charge in [-0.1, -0.05) is 24.3 Å². The maximum absolute atomic E-state index is 15.3. The zero-order chi connectivity index (χ0) is 26.8. The van der Waals surface area contributed by atoms with Gasteiger partial charge in [-0.3, -0.25) is 9.59 Å². The summed E-state index contributed by atoms with van der Waals surface area (Å²) in [7, 11) is 0. The van der Waals surface area contributed by atoms with Gasteiger partial charge in [0.25, 0.3) is 5.91 Å². The molecule has 1 saturated carbocycles. The number of carboxylic acid groups (broad SMARTS) is 1. The van der Waals surface area contributed by atoms with Crippen molar-refractivity contribution in [1.82, 2.24) is 14.3 Å². The number of benzene rings is 2. The molecule has 1 amide bonds. The third kappa shape index (κ3) is 4.06. The van der Waals surface area contributed by atoms with E-state index in [4.69, 9.17) is 10.1 Å². The molecule has 1 unspecified atom stereocenters. The average Bonchev–Trinajstić information content (AvgIpc) is 3.65. The molecule has 3 aliphatic rings. The molecule has 2 aliphatic heterocycles. The number of carbonyl (C=O) groups is 2. The molecule has 2 fully saturated rings. The van der Waals surface area contributed by atoms with Gasteiger partial charge >= 0.3 is 5.97 Å². The van der Waals surface area contributed by atoms with Gasteiger partial charge in [0, 0.05) is 43.3 Å². The molecule has 2 aromatic heterocycles. The van der Waals surface area contributed by atoms with Crippen molar-refractivity contribution in [2.75, 3.05) is 24.5 Å². The number of pyridine rings is 1. The van der Waals surface area contributed by atoms with Crippen LogP contribution in [0.1, 0.15) is 58.8 Å². The van der Waals surface area contributed by atoms with E-state index in [2.05, 4.69) is 19.1 Å². The highest BCUT2D eigenvalue weighted by Crippen LogP contribution is 2.43. The number of anilines is 1. The number of amides is 1. The van der Waals surface area contributed by atoms with E-state index in [1.807, 2.05) is 44.7 Å². The Kier molecular flexibility index (Phi) is 5.47. The zero-order valence-electron chi connectivity index (χ0n) is 21.7. The standard InChI is InChI=1S/C31H29FN4O3/c1-18-24-5-3-2-4-19(24)10-11-36(18)30(37)21-12-26(20-6-7-20)29-33-28(17-35(29)14-21)25-9-8-23(13-27(25)32)34-15-22(16-34)31(38)39/h2-5,8-9,12-14,17-18,20,22H,6-7,10-11,15-16H2,1H3,(H,38,39). The molecule has 7 nitrogen and oxygen atoms in total. The number of nitrogens with zero attached hydrogens (tertiary/aromatic N) is 4. The van der Waals surface area contributed by atoms with E-state index >= 15 is 4.39 Å². The summed E-state index contributed by atoms with van der Waals surface area (Å²) in [5.41, 5.74) is 6.48. The van der Waals surface area contributed by atoms with Gasteiger partial charge < -0.3 is 19.3 Å². The molecule has 7 rings (SSSR count). The van der Waals surface area contributed by atoms with Crippen molar-refractivity contribution >= 4 is 23.2 Å². The van der Waals surface area contributed by atoms with E-state index in [1.165, 1.54) is 17.2 Å². The number of carboxylic acids is 1. The van der Waals surface area contributed by atoms with Crippen molar-refractivity contribution in [3.05, 3.63) is 89.0 Å². The van der Waals surface area contributed by atoms with Gasteiger partial charge in [-0.2, -0.15) is 0 Å². The van der Waals surface area contributed by atoms with Crippen LogP contribution in [0.3, 0.4) is 0 Å². The van der Waals surface area contributed by atoms with Crippen LogP contribution in [-0.4, -0.2) is 50.9 Å². The first-order chi connectivity index (χ1) is 18.9. The summed E-state index contributed by atoms with van der Waals surface area (Å²) in [4.78, 5) is 33.5. The molecule has 2 aromatic carbocycles. The van der Waals surface area contributed by atoms with E-state index in [1.54, 1.807) is 12.3 Å². The maximum atomic E-state index is 15.3. The van der Waals surface area contributed by atoms with Crippen LogP contribution >= 0.6 is 0 Å². The maximum Gasteiger partial charge on any atom is 0.310 e. The van der Waals surface area contributed by atoms with Crippen molar-refractivity contribution in [1.29, 1.82) is 0 Å². The normalized spacial score (nSPS) is 19.2. The van der Waals surface area contributed by atoms with Crippen molar-refractivity contribution in [3.8, 4) is 11.3 Å². The minimum Gasteiger partial charge on any atom is -0.481 e. The summed E-state index contributed by atoms with van der Waals surface area (Å²) < 4.78 is 17.1. The second-order valence-corrected chi connectivity index (χ2v) is 11.0. The molecule has 1 N–H and O–H groups in total. The van der Waals surface area contributed by atoms with E-state index in [0.29, 0.717) is 48.1 Å². The molecule has 198 valence electrons. The quantitative estimate of drug-likeness (QED) is 0.384. The van der Waals surface area contributed by atoms with Crippen LogP contribution in [0.5, 0.6) is 0 Å². The molecule has 39 heavy (non-hydrogen) atoms. The summed E-state index contributed by atoms with van der Waals surface area (Å²) in [5, 5.41) is 9.13. The predicted octanol–water partition coefficient (Wildman–Crippen LogP) is 5.30. The first-order valence-corrected chi connectivity index (χ1v) is 13.6. The summed E-state index contributed by atoms with van der Waals surface area (Å²) >= 11 is 0. The first kappa shape index (κ1) is 23.9. The van der Waals surface area contributed by atoms with E-state index in [-0.39, 0.29) is 11.9 Å². The van der Waals surface area contributed by atoms with E-state index < -0.39 is 17.7 Å². The highest BCUT2D eigenvalue weighted by Gasteiger charge is 2.34. The second kappa shape index (κ2) is 8.93.